The molecule has 2 rings (SSSR count). The van der Waals surface area contributed by atoms with Gasteiger partial charge in [-0.3, -0.25) is 10.1 Å². The van der Waals surface area contributed by atoms with Crippen molar-refractivity contribution in [3.8, 4) is 5.75 Å². The van der Waals surface area contributed by atoms with Crippen LogP contribution < -0.4 is 10.1 Å². The second kappa shape index (κ2) is 7.46. The number of halogens is 3. The predicted molar refractivity (Wildman–Crippen MR) is 89.6 cm³/mol. The molecule has 1 amide bonds. The van der Waals surface area contributed by atoms with E-state index in [0.29, 0.717) is 15.2 Å². The fraction of sp³-hybridized carbons (Fsp3) is 0.308. The van der Waals surface area contributed by atoms with Gasteiger partial charge >= 0.3 is 0 Å². The maximum absolute atomic E-state index is 11.8. The van der Waals surface area contributed by atoms with Crippen LogP contribution in [0.2, 0.25) is 15.1 Å². The number of hydrogen-bond donors (Lipinski definition) is 1. The fourth-order valence-corrected chi connectivity index (χ4v) is 2.79. The Hall–Kier alpha value is -1.08. The molecule has 22 heavy (non-hydrogen) atoms. The first-order chi connectivity index (χ1) is 10.4. The van der Waals surface area contributed by atoms with Crippen molar-refractivity contribution in [1.82, 2.24) is 10.2 Å². The maximum Gasteiger partial charge on any atom is 0.264 e. The monoisotopic (exact) mass is 379 g/mol. The number of anilines is 1. The topological polar surface area (TPSA) is 64.1 Å². The minimum atomic E-state index is -0.367. The van der Waals surface area contributed by atoms with Gasteiger partial charge in [0.15, 0.2) is 6.61 Å². The lowest BCUT2D eigenvalue weighted by Crippen LogP contribution is -2.20. The largest absolute Gasteiger partial charge is 0.482 e. The highest BCUT2D eigenvalue weighted by Gasteiger charge is 2.12. The van der Waals surface area contributed by atoms with Gasteiger partial charge in [-0.15, -0.1) is 10.2 Å². The van der Waals surface area contributed by atoms with E-state index in [1.807, 2.05) is 13.8 Å². The molecule has 1 aromatic heterocycles. The number of carbonyl (C=O) groups is 1. The summed E-state index contributed by atoms with van der Waals surface area (Å²) in [7, 11) is 0. The van der Waals surface area contributed by atoms with Gasteiger partial charge in [0.25, 0.3) is 5.91 Å². The van der Waals surface area contributed by atoms with E-state index in [9.17, 15) is 4.79 Å². The quantitative estimate of drug-likeness (QED) is 0.768. The van der Waals surface area contributed by atoms with E-state index in [-0.39, 0.29) is 29.2 Å². The number of amides is 1. The zero-order chi connectivity index (χ0) is 16.3. The molecule has 0 unspecified atom stereocenters. The van der Waals surface area contributed by atoms with E-state index >= 15 is 0 Å². The van der Waals surface area contributed by atoms with Crippen molar-refractivity contribution in [3.05, 3.63) is 32.2 Å². The normalized spacial score (nSPS) is 10.8. The fourth-order valence-electron chi connectivity index (χ4n) is 1.43. The van der Waals surface area contributed by atoms with Crippen LogP contribution in [0.4, 0.5) is 5.13 Å². The van der Waals surface area contributed by atoms with Gasteiger partial charge in [-0.25, -0.2) is 0 Å². The van der Waals surface area contributed by atoms with Crippen LogP contribution in [-0.2, 0) is 4.79 Å². The zero-order valence-corrected chi connectivity index (χ0v) is 14.8. The Morgan fingerprint density at radius 2 is 1.91 bits per heavy atom. The van der Waals surface area contributed by atoms with Crippen LogP contribution in [0.5, 0.6) is 5.75 Å². The Balaban J connectivity index is 1.94. The molecule has 0 fully saturated rings. The first-order valence-corrected chi connectivity index (χ1v) is 8.22. The second-order valence-electron chi connectivity index (χ2n) is 4.63. The predicted octanol–water partition coefficient (Wildman–Crippen LogP) is 4.64. The van der Waals surface area contributed by atoms with E-state index in [2.05, 4.69) is 15.5 Å². The third-order valence-electron chi connectivity index (χ3n) is 2.51. The van der Waals surface area contributed by atoms with Gasteiger partial charge in [-0.1, -0.05) is 60.0 Å². The molecule has 0 spiro atoms. The van der Waals surface area contributed by atoms with Gasteiger partial charge in [0.1, 0.15) is 10.8 Å². The van der Waals surface area contributed by atoms with Gasteiger partial charge in [0, 0.05) is 12.0 Å². The Kier molecular flexibility index (Phi) is 5.86. The number of benzene rings is 1. The third-order valence-corrected chi connectivity index (χ3v) is 4.67. The summed E-state index contributed by atoms with van der Waals surface area (Å²) in [6.45, 7) is 3.78. The van der Waals surface area contributed by atoms with Gasteiger partial charge in [0.05, 0.1) is 15.1 Å². The SMILES string of the molecule is CC(C)c1nnc(NC(=O)COc2cc(Cl)c(Cl)cc2Cl)s1. The van der Waals surface area contributed by atoms with Crippen molar-refractivity contribution in [2.45, 2.75) is 19.8 Å². The molecule has 1 heterocycles. The summed E-state index contributed by atoms with van der Waals surface area (Å²) in [5.74, 6) is 0.175. The Morgan fingerprint density at radius 3 is 2.55 bits per heavy atom. The summed E-state index contributed by atoms with van der Waals surface area (Å²) in [5.41, 5.74) is 0. The van der Waals surface area contributed by atoms with Crippen LogP contribution in [-0.4, -0.2) is 22.7 Å². The summed E-state index contributed by atoms with van der Waals surface area (Å²) >= 11 is 19.0. The molecule has 0 aliphatic rings. The number of rotatable bonds is 5. The molecule has 0 radical (unpaired) electrons. The molecule has 2 aromatic rings. The molecule has 118 valence electrons. The van der Waals surface area contributed by atoms with Crippen LogP contribution in [0.15, 0.2) is 12.1 Å². The second-order valence-corrected chi connectivity index (χ2v) is 6.86. The number of aromatic nitrogens is 2. The van der Waals surface area contributed by atoms with Crippen molar-refractivity contribution in [2.75, 3.05) is 11.9 Å². The number of hydrogen-bond acceptors (Lipinski definition) is 5. The smallest absolute Gasteiger partial charge is 0.264 e. The van der Waals surface area contributed by atoms with E-state index in [1.54, 1.807) is 0 Å². The van der Waals surface area contributed by atoms with Crippen LogP contribution in [0.1, 0.15) is 24.8 Å². The van der Waals surface area contributed by atoms with Crippen LogP contribution in [0.25, 0.3) is 0 Å². The van der Waals surface area contributed by atoms with Gasteiger partial charge in [-0.05, 0) is 6.07 Å². The molecule has 1 aromatic carbocycles. The molecular formula is C13H12Cl3N3O2S. The number of nitrogens with zero attached hydrogens (tertiary/aromatic N) is 2. The highest BCUT2D eigenvalue weighted by Crippen LogP contribution is 2.33. The molecule has 9 heteroatoms. The number of carbonyl (C=O) groups excluding carboxylic acids is 1. The third kappa shape index (κ3) is 4.46. The highest BCUT2D eigenvalue weighted by molar-refractivity contribution is 7.15. The molecule has 1 N–H and O–H groups in total. The first kappa shape index (κ1) is 17.3. The van der Waals surface area contributed by atoms with Gasteiger partial charge in [0.2, 0.25) is 5.13 Å². The number of ether oxygens (including phenoxy) is 1. The standard InChI is InChI=1S/C13H12Cl3N3O2S/c1-6(2)12-18-19-13(22-12)17-11(20)5-21-10-4-8(15)7(14)3-9(10)16/h3-4,6H,5H2,1-2H3,(H,17,19,20). The summed E-state index contributed by atoms with van der Waals surface area (Å²) in [6.07, 6.45) is 0. The molecular weight excluding hydrogens is 369 g/mol. The lowest BCUT2D eigenvalue weighted by molar-refractivity contribution is -0.118. The maximum atomic E-state index is 11.8. The van der Waals surface area contributed by atoms with Gasteiger partial charge < -0.3 is 4.74 Å². The molecule has 0 aliphatic heterocycles. The summed E-state index contributed by atoms with van der Waals surface area (Å²) in [4.78, 5) is 11.8. The number of nitrogens with one attached hydrogen (secondary N) is 1. The molecule has 0 saturated heterocycles. The van der Waals surface area contributed by atoms with Crippen molar-refractivity contribution >= 4 is 57.2 Å². The van der Waals surface area contributed by atoms with Gasteiger partial charge in [-0.2, -0.15) is 0 Å². The van der Waals surface area contributed by atoms with Crippen molar-refractivity contribution in [2.24, 2.45) is 0 Å². The van der Waals surface area contributed by atoms with Crippen molar-refractivity contribution in [1.29, 1.82) is 0 Å². The van der Waals surface area contributed by atoms with Crippen molar-refractivity contribution < 1.29 is 9.53 Å². The molecule has 0 bridgehead atoms. The lowest BCUT2D eigenvalue weighted by Gasteiger charge is -2.08. The Morgan fingerprint density at radius 1 is 1.23 bits per heavy atom. The summed E-state index contributed by atoms with van der Waals surface area (Å²) in [5, 5.41) is 12.7. The van der Waals surface area contributed by atoms with E-state index in [4.69, 9.17) is 39.5 Å². The molecule has 5 nitrogen and oxygen atoms in total. The molecule has 0 atom stereocenters. The van der Waals surface area contributed by atoms with E-state index in [0.717, 1.165) is 5.01 Å². The Bertz CT molecular complexity index is 691. The lowest BCUT2D eigenvalue weighted by atomic mass is 10.2. The minimum Gasteiger partial charge on any atom is -0.482 e. The van der Waals surface area contributed by atoms with Crippen LogP contribution >= 0.6 is 46.1 Å². The first-order valence-electron chi connectivity index (χ1n) is 6.27. The minimum absolute atomic E-state index is 0.228. The average molecular weight is 381 g/mol. The zero-order valence-electron chi connectivity index (χ0n) is 11.7. The summed E-state index contributed by atoms with van der Waals surface area (Å²) in [6, 6.07) is 2.92. The van der Waals surface area contributed by atoms with E-state index in [1.165, 1.54) is 23.5 Å². The van der Waals surface area contributed by atoms with Crippen LogP contribution in [0, 0.1) is 0 Å². The van der Waals surface area contributed by atoms with Crippen molar-refractivity contribution in [3.63, 3.8) is 0 Å². The van der Waals surface area contributed by atoms with E-state index < -0.39 is 0 Å². The molecule has 0 aliphatic carbocycles. The molecule has 0 saturated carbocycles. The van der Waals surface area contributed by atoms with Crippen LogP contribution in [0.3, 0.4) is 0 Å². The highest BCUT2D eigenvalue weighted by atomic mass is 35.5. The summed E-state index contributed by atoms with van der Waals surface area (Å²) < 4.78 is 5.33. The average Bonchev–Trinajstić information content (AvgIpc) is 2.90. The Labute approximate surface area is 146 Å².